The predicted octanol–water partition coefficient (Wildman–Crippen LogP) is 0.710. The van der Waals surface area contributed by atoms with Crippen LogP contribution in [0.3, 0.4) is 0 Å². The summed E-state index contributed by atoms with van der Waals surface area (Å²) < 4.78 is 0. The van der Waals surface area contributed by atoms with Gasteiger partial charge in [0.1, 0.15) is 12.1 Å². The van der Waals surface area contributed by atoms with E-state index in [9.17, 15) is 4.79 Å². The van der Waals surface area contributed by atoms with Crippen molar-refractivity contribution in [2.75, 3.05) is 31.1 Å². The highest BCUT2D eigenvalue weighted by atomic mass is 16.2. The topological polar surface area (TPSA) is 90.9 Å². The highest BCUT2D eigenvalue weighted by Crippen LogP contribution is 2.22. The van der Waals surface area contributed by atoms with Gasteiger partial charge in [0.2, 0.25) is 0 Å². The minimum absolute atomic E-state index is 0.0221. The number of amides is 1. The Labute approximate surface area is 132 Å². The van der Waals surface area contributed by atoms with E-state index >= 15 is 0 Å². The first-order chi connectivity index (χ1) is 11.3. The molecule has 8 heteroatoms. The zero-order valence-electron chi connectivity index (χ0n) is 12.4. The Morgan fingerprint density at radius 1 is 1.13 bits per heavy atom. The van der Waals surface area contributed by atoms with Crippen LogP contribution in [0.1, 0.15) is 10.4 Å². The van der Waals surface area contributed by atoms with Crippen LogP contribution >= 0.6 is 0 Å². The lowest BCUT2D eigenvalue weighted by Gasteiger charge is -2.35. The maximum Gasteiger partial charge on any atom is 0.255 e. The van der Waals surface area contributed by atoms with Crippen molar-refractivity contribution < 1.29 is 4.79 Å². The van der Waals surface area contributed by atoms with Gasteiger partial charge in [0.25, 0.3) is 5.91 Å². The summed E-state index contributed by atoms with van der Waals surface area (Å²) in [6.07, 6.45) is 6.54. The van der Waals surface area contributed by atoms with Crippen LogP contribution in [0.15, 0.2) is 37.1 Å². The molecule has 4 rings (SSSR count). The third-order valence-electron chi connectivity index (χ3n) is 4.00. The Bertz CT molecular complexity index is 824. The molecule has 0 bridgehead atoms. The number of rotatable bonds is 2. The molecule has 4 heterocycles. The van der Waals surface area contributed by atoms with E-state index in [-0.39, 0.29) is 5.91 Å². The number of pyridine rings is 1. The predicted molar refractivity (Wildman–Crippen MR) is 84.0 cm³/mol. The zero-order valence-corrected chi connectivity index (χ0v) is 12.4. The Morgan fingerprint density at radius 3 is 2.78 bits per heavy atom. The van der Waals surface area contributed by atoms with Crippen LogP contribution in [-0.2, 0) is 0 Å². The summed E-state index contributed by atoms with van der Waals surface area (Å²) in [6, 6.07) is 3.57. The van der Waals surface area contributed by atoms with Gasteiger partial charge in [0, 0.05) is 38.6 Å². The maximum atomic E-state index is 12.4. The second-order valence-corrected chi connectivity index (χ2v) is 5.35. The molecule has 3 aromatic heterocycles. The molecule has 116 valence electrons. The average molecular weight is 309 g/mol. The molecule has 0 spiro atoms. The van der Waals surface area contributed by atoms with E-state index in [0.717, 1.165) is 29.9 Å². The van der Waals surface area contributed by atoms with Gasteiger partial charge in [0.15, 0.2) is 5.65 Å². The Hall–Kier alpha value is -3.03. The van der Waals surface area contributed by atoms with Gasteiger partial charge in [-0.25, -0.2) is 9.97 Å². The van der Waals surface area contributed by atoms with Crippen LogP contribution in [0.4, 0.5) is 5.82 Å². The lowest BCUT2D eigenvalue weighted by molar-refractivity contribution is 0.0746. The number of nitrogens with one attached hydrogen (secondary N) is 1. The third kappa shape index (κ3) is 2.48. The lowest BCUT2D eigenvalue weighted by atomic mass is 10.2. The van der Waals surface area contributed by atoms with Gasteiger partial charge in [-0.3, -0.25) is 14.9 Å². The van der Waals surface area contributed by atoms with E-state index in [4.69, 9.17) is 0 Å². The first-order valence-corrected chi connectivity index (χ1v) is 7.41. The van der Waals surface area contributed by atoms with E-state index < -0.39 is 0 Å². The van der Waals surface area contributed by atoms with E-state index in [1.807, 2.05) is 4.90 Å². The van der Waals surface area contributed by atoms with E-state index in [1.165, 1.54) is 6.33 Å². The van der Waals surface area contributed by atoms with Gasteiger partial charge in [-0.1, -0.05) is 0 Å². The molecule has 3 aromatic rings. The maximum absolute atomic E-state index is 12.4. The van der Waals surface area contributed by atoms with Crippen molar-refractivity contribution in [2.45, 2.75) is 0 Å². The number of H-pyrrole nitrogens is 1. The number of carbonyl (C=O) groups excluding carboxylic acids is 1. The first-order valence-electron chi connectivity index (χ1n) is 7.41. The lowest BCUT2D eigenvalue weighted by Crippen LogP contribution is -2.49. The molecule has 1 saturated heterocycles. The van der Waals surface area contributed by atoms with Crippen molar-refractivity contribution >= 4 is 22.8 Å². The van der Waals surface area contributed by atoms with Crippen molar-refractivity contribution in [2.24, 2.45) is 0 Å². The number of aromatic amines is 1. The standard InChI is InChI=1S/C15H15N7O/c23-15(11-2-1-3-16-8-11)22-6-4-21(5-7-22)14-12-9-19-20-13(12)17-10-18-14/h1-3,8-10H,4-7H2,(H,17,18,19,20). The number of hydrogen-bond donors (Lipinski definition) is 1. The fourth-order valence-corrected chi connectivity index (χ4v) is 2.80. The number of nitrogens with zero attached hydrogens (tertiary/aromatic N) is 6. The summed E-state index contributed by atoms with van der Waals surface area (Å²) in [5.74, 6) is 0.881. The molecule has 1 fully saturated rings. The molecule has 0 radical (unpaired) electrons. The summed E-state index contributed by atoms with van der Waals surface area (Å²) in [6.45, 7) is 2.75. The molecule has 1 N–H and O–H groups in total. The second kappa shape index (κ2) is 5.64. The quantitative estimate of drug-likeness (QED) is 0.750. The molecule has 1 aliphatic heterocycles. The smallest absolute Gasteiger partial charge is 0.255 e. The molecule has 0 saturated carbocycles. The van der Waals surface area contributed by atoms with E-state index in [1.54, 1.807) is 30.7 Å². The molecular formula is C15H15N7O. The zero-order chi connectivity index (χ0) is 15.6. The summed E-state index contributed by atoms with van der Waals surface area (Å²) >= 11 is 0. The molecular weight excluding hydrogens is 294 g/mol. The van der Waals surface area contributed by atoms with Gasteiger partial charge in [-0.15, -0.1) is 0 Å². The van der Waals surface area contributed by atoms with E-state index in [0.29, 0.717) is 18.7 Å². The number of fused-ring (bicyclic) bond motifs is 1. The number of carbonyl (C=O) groups is 1. The van der Waals surface area contributed by atoms with Gasteiger partial charge < -0.3 is 9.80 Å². The van der Waals surface area contributed by atoms with Crippen LogP contribution in [0, 0.1) is 0 Å². The SMILES string of the molecule is O=C(c1cccnc1)N1CCN(c2ncnc3[nH]ncc23)CC1. The largest absolute Gasteiger partial charge is 0.352 e. The minimum atomic E-state index is 0.0221. The van der Waals surface area contributed by atoms with Crippen molar-refractivity contribution in [3.05, 3.63) is 42.6 Å². The summed E-state index contributed by atoms with van der Waals surface area (Å²) in [4.78, 5) is 29.0. The fourth-order valence-electron chi connectivity index (χ4n) is 2.80. The van der Waals surface area contributed by atoms with E-state index in [2.05, 4.69) is 30.0 Å². The average Bonchev–Trinajstić information content (AvgIpc) is 3.11. The minimum Gasteiger partial charge on any atom is -0.352 e. The molecule has 0 unspecified atom stereocenters. The Kier molecular flexibility index (Phi) is 3.34. The monoisotopic (exact) mass is 309 g/mol. The number of anilines is 1. The first kappa shape index (κ1) is 13.6. The van der Waals surface area contributed by atoms with Crippen molar-refractivity contribution in [1.82, 2.24) is 30.0 Å². The summed E-state index contributed by atoms with van der Waals surface area (Å²) in [5, 5.41) is 7.76. The number of piperazine rings is 1. The highest BCUT2D eigenvalue weighted by molar-refractivity contribution is 5.94. The van der Waals surface area contributed by atoms with Crippen molar-refractivity contribution in [1.29, 1.82) is 0 Å². The van der Waals surface area contributed by atoms with Crippen molar-refractivity contribution in [3.63, 3.8) is 0 Å². The van der Waals surface area contributed by atoms with Gasteiger partial charge in [-0.05, 0) is 12.1 Å². The molecule has 23 heavy (non-hydrogen) atoms. The molecule has 1 aliphatic rings. The van der Waals surface area contributed by atoms with Crippen LogP contribution in [0.2, 0.25) is 0 Å². The van der Waals surface area contributed by atoms with Crippen LogP contribution in [-0.4, -0.2) is 62.1 Å². The van der Waals surface area contributed by atoms with Gasteiger partial charge in [-0.2, -0.15) is 5.10 Å². The molecule has 0 aromatic carbocycles. The highest BCUT2D eigenvalue weighted by Gasteiger charge is 2.24. The molecule has 0 atom stereocenters. The second-order valence-electron chi connectivity index (χ2n) is 5.35. The molecule has 0 aliphatic carbocycles. The van der Waals surface area contributed by atoms with Crippen LogP contribution in [0.5, 0.6) is 0 Å². The van der Waals surface area contributed by atoms with Gasteiger partial charge in [0.05, 0.1) is 17.1 Å². The molecule has 1 amide bonds. The summed E-state index contributed by atoms with van der Waals surface area (Å²) in [7, 11) is 0. The van der Waals surface area contributed by atoms with Gasteiger partial charge >= 0.3 is 0 Å². The van der Waals surface area contributed by atoms with Crippen LogP contribution < -0.4 is 4.90 Å². The van der Waals surface area contributed by atoms with Crippen LogP contribution in [0.25, 0.3) is 11.0 Å². The molecule has 8 nitrogen and oxygen atoms in total. The normalized spacial score (nSPS) is 15.1. The Balaban J connectivity index is 1.49. The summed E-state index contributed by atoms with van der Waals surface area (Å²) in [5.41, 5.74) is 1.35. The number of hydrogen-bond acceptors (Lipinski definition) is 6. The van der Waals surface area contributed by atoms with Crippen molar-refractivity contribution in [3.8, 4) is 0 Å². The number of aromatic nitrogens is 5. The third-order valence-corrected chi connectivity index (χ3v) is 4.00. The Morgan fingerprint density at radius 2 is 2.00 bits per heavy atom. The fraction of sp³-hybridized carbons (Fsp3) is 0.267.